The summed E-state index contributed by atoms with van der Waals surface area (Å²) < 4.78 is 15.4. The first kappa shape index (κ1) is 23.7. The van der Waals surface area contributed by atoms with E-state index in [9.17, 15) is 25.0 Å². The smallest absolute Gasteiger partial charge is 0.795 e. The van der Waals surface area contributed by atoms with Gasteiger partial charge in [0.15, 0.2) is 0 Å². The van der Waals surface area contributed by atoms with E-state index in [1.54, 1.807) is 0 Å². The van der Waals surface area contributed by atoms with Gasteiger partial charge in [-0.25, -0.2) is 0 Å². The molecule has 0 saturated heterocycles. The number of rotatable bonds is 8. The van der Waals surface area contributed by atoms with Crippen LogP contribution in [0.5, 0.6) is 0 Å². The second-order valence-corrected chi connectivity index (χ2v) is 5.30. The zero-order valence-electron chi connectivity index (χ0n) is 9.30. The SMILES string of the molecule is CCO[Si]([O-])(O)[O][Al]([O][N+](=O)[O-])[O][N+](=O)[O-].O.[K+]. The predicted molar refractivity (Wildman–Crippen MR) is 46.2 cm³/mol. The molecule has 0 aliphatic carbocycles. The van der Waals surface area contributed by atoms with Crippen LogP contribution in [-0.2, 0) is 15.7 Å². The van der Waals surface area contributed by atoms with Gasteiger partial charge in [-0.05, 0) is 6.92 Å². The second kappa shape index (κ2) is 11.4. The predicted octanol–water partition coefficient (Wildman–Crippen LogP) is -6.59. The zero-order chi connectivity index (χ0) is 12.8. The standard InChI is InChI=1S/C2H6O4Si.Al.K.2NO3.H2O/c1-2-6-7(3,4)5;;;2*2-1(3)4;/h3H,2H2,1H3;;;;;1H2/q-2;+3;+1;2*-1;. The van der Waals surface area contributed by atoms with Crippen molar-refractivity contribution in [2.75, 3.05) is 6.61 Å². The molecule has 100 valence electrons. The van der Waals surface area contributed by atoms with Gasteiger partial charge in [0.1, 0.15) is 0 Å². The fourth-order valence-corrected chi connectivity index (χ4v) is 2.81. The largest absolute Gasteiger partial charge is 1.00 e. The van der Waals surface area contributed by atoms with Crippen molar-refractivity contribution in [2.45, 2.75) is 6.92 Å². The summed E-state index contributed by atoms with van der Waals surface area (Å²) in [6.45, 7) is 1.11. The average molecular weight is 330 g/mol. The molecule has 3 N–H and O–H groups in total. The van der Waals surface area contributed by atoms with E-state index in [2.05, 4.69) is 15.7 Å². The molecule has 0 spiro atoms. The van der Waals surface area contributed by atoms with Crippen molar-refractivity contribution in [3.63, 3.8) is 0 Å². The van der Waals surface area contributed by atoms with E-state index in [-0.39, 0.29) is 63.5 Å². The summed E-state index contributed by atoms with van der Waals surface area (Å²) in [5.41, 5.74) is 0. The van der Waals surface area contributed by atoms with E-state index in [1.165, 1.54) is 6.92 Å². The van der Waals surface area contributed by atoms with Crippen molar-refractivity contribution < 1.29 is 92.3 Å². The van der Waals surface area contributed by atoms with Crippen molar-refractivity contribution in [2.24, 2.45) is 0 Å². The maximum absolute atomic E-state index is 11.0. The molecule has 0 aliphatic rings. The van der Waals surface area contributed by atoms with Crippen LogP contribution < -0.4 is 56.2 Å². The van der Waals surface area contributed by atoms with E-state index in [0.29, 0.717) is 0 Å². The van der Waals surface area contributed by atoms with Crippen LogP contribution in [0.25, 0.3) is 0 Å². The Labute approximate surface area is 148 Å². The topological polar surface area (TPSA) is 198 Å². The van der Waals surface area contributed by atoms with Crippen LogP contribution in [-0.4, -0.2) is 51.2 Å². The molecule has 0 aliphatic heterocycles. The Morgan fingerprint density at radius 3 is 1.94 bits per heavy atom. The molecule has 0 aromatic rings. The summed E-state index contributed by atoms with van der Waals surface area (Å²) in [4.78, 5) is 39.6. The fraction of sp³-hybridized carbons (Fsp3) is 1.00. The molecule has 0 aromatic heterocycles. The van der Waals surface area contributed by atoms with Crippen molar-refractivity contribution in [1.82, 2.24) is 0 Å². The molecule has 1 unspecified atom stereocenters. The molecular weight excluding hydrogens is 322 g/mol. The van der Waals surface area contributed by atoms with Crippen molar-refractivity contribution >= 4 is 24.2 Å². The third-order valence-corrected chi connectivity index (χ3v) is 4.22. The van der Waals surface area contributed by atoms with Crippen LogP contribution in [0.2, 0.25) is 0 Å². The van der Waals surface area contributed by atoms with Gasteiger partial charge in [-0.3, -0.25) is 0 Å². The van der Waals surface area contributed by atoms with Gasteiger partial charge in [-0.2, -0.15) is 0 Å². The Hall–Kier alpha value is 0.586. The maximum atomic E-state index is 11.0. The Bertz CT molecular complexity index is 249. The van der Waals surface area contributed by atoms with Crippen LogP contribution in [0.3, 0.4) is 0 Å². The molecule has 0 saturated carbocycles. The third-order valence-electron chi connectivity index (χ3n) is 0.916. The molecule has 0 aromatic carbocycles. The van der Waals surface area contributed by atoms with E-state index in [1.807, 2.05) is 0 Å². The first-order valence-corrected chi connectivity index (χ1v) is 6.72. The van der Waals surface area contributed by atoms with Gasteiger partial charge in [0.25, 0.3) is 10.2 Å². The van der Waals surface area contributed by atoms with Crippen LogP contribution in [0, 0.1) is 20.2 Å². The Kier molecular flexibility index (Phi) is 15.0. The second-order valence-electron chi connectivity index (χ2n) is 2.02. The first-order chi connectivity index (χ1) is 7.26. The molecule has 1 atom stereocenters. The van der Waals surface area contributed by atoms with Gasteiger partial charge >= 0.3 is 75.6 Å². The summed E-state index contributed by atoms with van der Waals surface area (Å²) in [6, 6.07) is 0. The summed E-state index contributed by atoms with van der Waals surface area (Å²) in [6.07, 6.45) is 0. The fourth-order valence-electron chi connectivity index (χ4n) is 0.541. The minimum absolute atomic E-state index is 0. The summed E-state index contributed by atoms with van der Waals surface area (Å²) in [5.74, 6) is 0. The van der Waals surface area contributed by atoms with Crippen molar-refractivity contribution in [1.29, 1.82) is 0 Å². The Morgan fingerprint density at radius 2 is 1.67 bits per heavy atom. The molecule has 0 fully saturated rings. The van der Waals surface area contributed by atoms with Gasteiger partial charge < -0.3 is 30.7 Å². The molecular formula is C2H8AlKN2O11Si. The Morgan fingerprint density at radius 1 is 1.28 bits per heavy atom. The van der Waals surface area contributed by atoms with E-state index >= 15 is 0 Å². The van der Waals surface area contributed by atoms with Gasteiger partial charge in [0.2, 0.25) is 0 Å². The van der Waals surface area contributed by atoms with Crippen LogP contribution in [0.1, 0.15) is 6.92 Å². The first-order valence-electron chi connectivity index (χ1n) is 3.63. The third kappa shape index (κ3) is 13.0. The zero-order valence-corrected chi connectivity index (χ0v) is 14.6. The molecule has 0 radical (unpaired) electrons. The number of hydrogen-bond acceptors (Lipinski definition) is 10. The average Bonchev–Trinajstić information content (AvgIpc) is 1.98. The van der Waals surface area contributed by atoms with Gasteiger partial charge in [0.05, 0.1) is 0 Å². The van der Waals surface area contributed by atoms with Gasteiger partial charge in [-0.1, -0.05) is 0 Å². The summed E-state index contributed by atoms with van der Waals surface area (Å²) >= 11 is -4.03. The van der Waals surface area contributed by atoms with E-state index in [0.717, 1.165) is 0 Å². The quantitative estimate of drug-likeness (QED) is 0.253. The van der Waals surface area contributed by atoms with Crippen LogP contribution >= 0.6 is 0 Å². The van der Waals surface area contributed by atoms with Crippen LogP contribution in [0.15, 0.2) is 0 Å². The monoisotopic (exact) mass is 330 g/mol. The number of hydrogen-bond donors (Lipinski definition) is 1. The summed E-state index contributed by atoms with van der Waals surface area (Å²) in [5, 5.41) is 16.9. The van der Waals surface area contributed by atoms with Gasteiger partial charge in [0, 0.05) is 6.61 Å². The Balaban J connectivity index is -0.00000112. The number of nitrogens with zero attached hydrogens (tertiary/aromatic N) is 2. The minimum Gasteiger partial charge on any atom is -0.795 e. The van der Waals surface area contributed by atoms with Crippen molar-refractivity contribution in [3.05, 3.63) is 20.2 Å². The van der Waals surface area contributed by atoms with E-state index in [4.69, 9.17) is 4.80 Å². The van der Waals surface area contributed by atoms with Crippen LogP contribution in [0.4, 0.5) is 0 Å². The summed E-state index contributed by atoms with van der Waals surface area (Å²) in [7, 11) is -4.95. The van der Waals surface area contributed by atoms with Crippen molar-refractivity contribution in [3.8, 4) is 0 Å². The van der Waals surface area contributed by atoms with E-state index < -0.39 is 34.4 Å². The molecule has 13 nitrogen and oxygen atoms in total. The molecule has 0 rings (SSSR count). The molecule has 0 bridgehead atoms. The molecule has 18 heavy (non-hydrogen) atoms. The normalized spacial score (nSPS) is 12.2. The maximum Gasteiger partial charge on any atom is 1.00 e. The van der Waals surface area contributed by atoms with Gasteiger partial charge in [-0.15, -0.1) is 20.2 Å². The minimum atomic E-state index is -4.95. The molecule has 0 heterocycles. The molecule has 0 amide bonds. The molecule has 16 heteroatoms.